The highest BCUT2D eigenvalue weighted by Gasteiger charge is 2.25. The molecule has 0 aromatic carbocycles. The number of imidazole rings is 1. The summed E-state index contributed by atoms with van der Waals surface area (Å²) in [5, 5.41) is 1.58. The average molecular weight is 328 g/mol. The number of fused-ring (bicyclic) bond motifs is 1. The van der Waals surface area contributed by atoms with Crippen molar-refractivity contribution in [2.45, 2.75) is 38.6 Å². The van der Waals surface area contributed by atoms with Gasteiger partial charge in [0.25, 0.3) is 0 Å². The van der Waals surface area contributed by atoms with Gasteiger partial charge in [-0.15, -0.1) is 0 Å². The molecule has 0 spiro atoms. The molecule has 1 fully saturated rings. The Morgan fingerprint density at radius 2 is 2.12 bits per heavy atom. The molecule has 2 heterocycles. The number of nitrogens with zero attached hydrogens (tertiary/aromatic N) is 4. The topological polar surface area (TPSA) is 75.8 Å². The second-order valence-electron chi connectivity index (χ2n) is 7.13. The fourth-order valence-electron chi connectivity index (χ4n) is 2.98. The summed E-state index contributed by atoms with van der Waals surface area (Å²) in [6.07, 6.45) is 9.65. The van der Waals surface area contributed by atoms with E-state index in [1.807, 2.05) is 6.92 Å². The molecule has 130 valence electrons. The van der Waals surface area contributed by atoms with Gasteiger partial charge in [0.1, 0.15) is 5.65 Å². The minimum absolute atomic E-state index is 0.544. The predicted octanol–water partition coefficient (Wildman–Crippen LogP) is 1.81. The summed E-state index contributed by atoms with van der Waals surface area (Å²) in [7, 11) is 4.21. The minimum atomic E-state index is 0.544. The van der Waals surface area contributed by atoms with Gasteiger partial charge in [-0.1, -0.05) is 6.07 Å². The molecule has 6 heteroatoms. The monoisotopic (exact) mass is 328 g/mol. The number of hydrogen-bond acceptors (Lipinski definition) is 5. The molecular formula is C18H28N6. The third kappa shape index (κ3) is 4.07. The molecule has 0 amide bonds. The molecule has 2 aromatic heterocycles. The van der Waals surface area contributed by atoms with E-state index in [0.717, 1.165) is 30.2 Å². The predicted molar refractivity (Wildman–Crippen MR) is 97.1 cm³/mol. The van der Waals surface area contributed by atoms with Gasteiger partial charge in [-0.3, -0.25) is 0 Å². The number of nitrogens with two attached hydrogens (primary N) is 2. The molecule has 0 unspecified atom stereocenters. The first-order chi connectivity index (χ1) is 11.4. The molecule has 6 nitrogen and oxygen atoms in total. The van der Waals surface area contributed by atoms with Gasteiger partial charge >= 0.3 is 0 Å². The zero-order valence-corrected chi connectivity index (χ0v) is 14.9. The van der Waals surface area contributed by atoms with E-state index < -0.39 is 0 Å². The fraction of sp³-hybridized carbons (Fsp3) is 0.500. The number of allylic oxidation sites excluding steroid dienone is 1. The summed E-state index contributed by atoms with van der Waals surface area (Å²) in [5.41, 5.74) is 11.1. The SMILES string of the molecule is C/C(N)=C/N(N)Cc1cn2cc(C3CC3)cc(CCN(C)C)c2n1. The molecule has 1 aliphatic carbocycles. The van der Waals surface area contributed by atoms with Crippen molar-refractivity contribution < 1.29 is 0 Å². The second-order valence-corrected chi connectivity index (χ2v) is 7.13. The van der Waals surface area contributed by atoms with Crippen LogP contribution in [0.3, 0.4) is 0 Å². The number of rotatable bonds is 7. The van der Waals surface area contributed by atoms with Crippen molar-refractivity contribution in [3.05, 3.63) is 47.2 Å². The van der Waals surface area contributed by atoms with Crippen LogP contribution in [0.25, 0.3) is 5.65 Å². The third-order valence-corrected chi connectivity index (χ3v) is 4.29. The van der Waals surface area contributed by atoms with E-state index >= 15 is 0 Å². The number of aromatic nitrogens is 2. The lowest BCUT2D eigenvalue weighted by atomic mass is 10.1. The first kappa shape index (κ1) is 16.8. The first-order valence-electron chi connectivity index (χ1n) is 8.52. The van der Waals surface area contributed by atoms with Crippen LogP contribution in [0.4, 0.5) is 0 Å². The van der Waals surface area contributed by atoms with Gasteiger partial charge in [0.2, 0.25) is 0 Å². The molecule has 0 bridgehead atoms. The van der Waals surface area contributed by atoms with Crippen molar-refractivity contribution in [1.82, 2.24) is 19.3 Å². The van der Waals surface area contributed by atoms with Crippen molar-refractivity contribution in [3.63, 3.8) is 0 Å². The lowest BCUT2D eigenvalue weighted by Gasteiger charge is -2.12. The number of pyridine rings is 1. The highest BCUT2D eigenvalue weighted by molar-refractivity contribution is 5.51. The maximum Gasteiger partial charge on any atom is 0.140 e. The van der Waals surface area contributed by atoms with Gasteiger partial charge in [0, 0.05) is 30.8 Å². The molecule has 3 rings (SSSR count). The molecule has 4 N–H and O–H groups in total. The van der Waals surface area contributed by atoms with E-state index in [2.05, 4.69) is 41.9 Å². The van der Waals surface area contributed by atoms with E-state index in [1.54, 1.807) is 11.2 Å². The van der Waals surface area contributed by atoms with E-state index in [-0.39, 0.29) is 0 Å². The number of likely N-dealkylation sites (N-methyl/N-ethyl adjacent to an activating group) is 1. The summed E-state index contributed by atoms with van der Waals surface area (Å²) >= 11 is 0. The molecule has 0 atom stereocenters. The fourth-order valence-corrected chi connectivity index (χ4v) is 2.98. The van der Waals surface area contributed by atoms with Crippen LogP contribution in [0.2, 0.25) is 0 Å². The van der Waals surface area contributed by atoms with Gasteiger partial charge in [-0.25, -0.2) is 10.8 Å². The van der Waals surface area contributed by atoms with Gasteiger partial charge < -0.3 is 20.0 Å². The summed E-state index contributed by atoms with van der Waals surface area (Å²) < 4.78 is 2.17. The smallest absolute Gasteiger partial charge is 0.140 e. The third-order valence-electron chi connectivity index (χ3n) is 4.29. The molecule has 1 saturated carbocycles. The van der Waals surface area contributed by atoms with Gasteiger partial charge in [-0.2, -0.15) is 0 Å². The van der Waals surface area contributed by atoms with E-state index in [0.29, 0.717) is 12.2 Å². The Labute approximate surface area is 143 Å². The summed E-state index contributed by atoms with van der Waals surface area (Å²) in [6.45, 7) is 3.39. The Kier molecular flexibility index (Phi) is 4.78. The summed E-state index contributed by atoms with van der Waals surface area (Å²) in [5.74, 6) is 6.70. The number of hydrogen-bond donors (Lipinski definition) is 2. The second kappa shape index (κ2) is 6.83. The average Bonchev–Trinajstić information content (AvgIpc) is 3.24. The Bertz CT molecular complexity index is 737. The normalized spacial score (nSPS) is 15.5. The van der Waals surface area contributed by atoms with Crippen LogP contribution >= 0.6 is 0 Å². The van der Waals surface area contributed by atoms with Gasteiger partial charge in [-0.05, 0) is 57.3 Å². The largest absolute Gasteiger partial charge is 0.401 e. The van der Waals surface area contributed by atoms with E-state index in [4.69, 9.17) is 16.6 Å². The highest BCUT2D eigenvalue weighted by Crippen LogP contribution is 2.40. The number of hydrazine groups is 1. The lowest BCUT2D eigenvalue weighted by Crippen LogP contribution is -2.25. The zero-order valence-electron chi connectivity index (χ0n) is 14.9. The Morgan fingerprint density at radius 3 is 2.75 bits per heavy atom. The van der Waals surface area contributed by atoms with Crippen LogP contribution in [0, 0.1) is 0 Å². The van der Waals surface area contributed by atoms with E-state index in [9.17, 15) is 0 Å². The molecule has 0 radical (unpaired) electrons. The van der Waals surface area contributed by atoms with Gasteiger partial charge in [0.05, 0.1) is 12.2 Å². The Morgan fingerprint density at radius 1 is 1.38 bits per heavy atom. The minimum Gasteiger partial charge on any atom is -0.401 e. The van der Waals surface area contributed by atoms with Crippen LogP contribution in [0.15, 0.2) is 30.4 Å². The molecule has 1 aliphatic rings. The quantitative estimate of drug-likeness (QED) is 0.599. The molecule has 2 aromatic rings. The molecular weight excluding hydrogens is 300 g/mol. The van der Waals surface area contributed by atoms with E-state index in [1.165, 1.54) is 24.0 Å². The Hall–Kier alpha value is -2.05. The van der Waals surface area contributed by atoms with Crippen molar-refractivity contribution >= 4 is 5.65 Å². The molecule has 0 saturated heterocycles. The van der Waals surface area contributed by atoms with Crippen LogP contribution in [0.1, 0.15) is 42.5 Å². The van der Waals surface area contributed by atoms with Crippen LogP contribution < -0.4 is 11.6 Å². The highest BCUT2D eigenvalue weighted by atomic mass is 15.4. The molecule has 24 heavy (non-hydrogen) atoms. The maximum absolute atomic E-state index is 5.97. The first-order valence-corrected chi connectivity index (χ1v) is 8.52. The van der Waals surface area contributed by atoms with Crippen LogP contribution in [-0.4, -0.2) is 39.9 Å². The summed E-state index contributed by atoms with van der Waals surface area (Å²) in [4.78, 5) is 7.02. The maximum atomic E-state index is 5.97. The standard InChI is InChI=1S/C18H28N6/c1-13(19)9-24(20)12-17-11-23-10-16(14-4-5-14)8-15(18(23)21-17)6-7-22(2)3/h8-11,14H,4-7,12,19-20H2,1-3H3/b13-9-. The van der Waals surface area contributed by atoms with Crippen molar-refractivity contribution in [2.75, 3.05) is 20.6 Å². The van der Waals surface area contributed by atoms with Crippen LogP contribution in [-0.2, 0) is 13.0 Å². The van der Waals surface area contributed by atoms with Crippen molar-refractivity contribution in [2.24, 2.45) is 11.6 Å². The Balaban J connectivity index is 1.90. The van der Waals surface area contributed by atoms with Crippen molar-refractivity contribution in [3.8, 4) is 0 Å². The van der Waals surface area contributed by atoms with Gasteiger partial charge in [0.15, 0.2) is 0 Å². The lowest BCUT2D eigenvalue weighted by molar-refractivity contribution is 0.379. The molecule has 0 aliphatic heterocycles. The van der Waals surface area contributed by atoms with Crippen LogP contribution in [0.5, 0.6) is 0 Å². The summed E-state index contributed by atoms with van der Waals surface area (Å²) in [6, 6.07) is 2.34. The zero-order chi connectivity index (χ0) is 17.3. The van der Waals surface area contributed by atoms with Crippen molar-refractivity contribution in [1.29, 1.82) is 0 Å².